The average molecular weight is 311 g/mol. The summed E-state index contributed by atoms with van der Waals surface area (Å²) in [5.74, 6) is -0.510. The lowest BCUT2D eigenvalue weighted by Gasteiger charge is -2.12. The molecule has 0 fully saturated rings. The van der Waals surface area contributed by atoms with E-state index in [0.29, 0.717) is 17.3 Å². The number of nitrogens with zero attached hydrogens (tertiary/aromatic N) is 1. The molecule has 0 unspecified atom stereocenters. The third-order valence-electron chi connectivity index (χ3n) is 2.74. The van der Waals surface area contributed by atoms with E-state index in [1.807, 2.05) is 0 Å². The first-order chi connectivity index (χ1) is 10.0. The summed E-state index contributed by atoms with van der Waals surface area (Å²) < 4.78 is 19.3. The zero-order valence-corrected chi connectivity index (χ0v) is 11.9. The van der Waals surface area contributed by atoms with Gasteiger partial charge in [-0.25, -0.2) is 4.39 Å². The third kappa shape index (κ3) is 3.68. The van der Waals surface area contributed by atoms with E-state index in [4.69, 9.17) is 16.3 Å². The number of non-ortho nitro benzene ring substituents is 1. The maximum Gasteiger partial charge on any atom is 0.272 e. The van der Waals surface area contributed by atoms with Gasteiger partial charge in [-0.05, 0) is 25.2 Å². The monoisotopic (exact) mass is 310 g/mol. The van der Waals surface area contributed by atoms with Crippen LogP contribution in [0.4, 0.5) is 10.1 Å². The Balaban J connectivity index is 2.33. The first-order valence-corrected chi connectivity index (χ1v) is 6.44. The third-order valence-corrected chi connectivity index (χ3v) is 2.98. The second-order valence-electron chi connectivity index (χ2n) is 4.26. The molecule has 21 heavy (non-hydrogen) atoms. The van der Waals surface area contributed by atoms with Crippen LogP contribution < -0.4 is 10.1 Å². The number of nitro groups is 1. The highest BCUT2D eigenvalue weighted by molar-refractivity contribution is 6.30. The van der Waals surface area contributed by atoms with Crippen molar-refractivity contribution in [2.75, 3.05) is 7.05 Å². The molecule has 0 atom stereocenters. The van der Waals surface area contributed by atoms with Gasteiger partial charge in [-0.3, -0.25) is 10.1 Å². The predicted octanol–water partition coefficient (Wildman–Crippen LogP) is 3.90. The van der Waals surface area contributed by atoms with Crippen LogP contribution in [0.1, 0.15) is 5.56 Å². The molecular weight excluding hydrogens is 299 g/mol. The van der Waals surface area contributed by atoms with Gasteiger partial charge in [0, 0.05) is 23.2 Å². The van der Waals surface area contributed by atoms with Gasteiger partial charge in [0.2, 0.25) is 0 Å². The molecule has 2 rings (SSSR count). The summed E-state index contributed by atoms with van der Waals surface area (Å²) in [6.07, 6.45) is 0. The second-order valence-corrected chi connectivity index (χ2v) is 4.69. The van der Waals surface area contributed by atoms with E-state index in [0.717, 1.165) is 11.6 Å². The SMILES string of the molecule is CNCc1ccc(Cl)cc1Oc1ccc([N+](=O)[O-])cc1F. The van der Waals surface area contributed by atoms with Crippen LogP contribution >= 0.6 is 11.6 Å². The number of hydrogen-bond donors (Lipinski definition) is 1. The molecular formula is C14H12ClFN2O3. The number of hydrogen-bond acceptors (Lipinski definition) is 4. The van der Waals surface area contributed by atoms with Crippen LogP contribution in [0, 0.1) is 15.9 Å². The lowest BCUT2D eigenvalue weighted by atomic mass is 10.2. The Bertz CT molecular complexity index is 679. The molecule has 0 radical (unpaired) electrons. The van der Waals surface area contributed by atoms with Gasteiger partial charge in [0.15, 0.2) is 11.6 Å². The lowest BCUT2D eigenvalue weighted by molar-refractivity contribution is -0.385. The van der Waals surface area contributed by atoms with E-state index in [-0.39, 0.29) is 11.4 Å². The highest BCUT2D eigenvalue weighted by Gasteiger charge is 2.14. The van der Waals surface area contributed by atoms with Crippen LogP contribution in [-0.4, -0.2) is 12.0 Å². The maximum atomic E-state index is 13.8. The molecule has 0 saturated carbocycles. The van der Waals surface area contributed by atoms with Gasteiger partial charge < -0.3 is 10.1 Å². The Morgan fingerprint density at radius 3 is 2.67 bits per heavy atom. The average Bonchev–Trinajstić information content (AvgIpc) is 2.44. The van der Waals surface area contributed by atoms with Crippen LogP contribution in [0.25, 0.3) is 0 Å². The highest BCUT2D eigenvalue weighted by Crippen LogP contribution is 2.31. The molecule has 0 spiro atoms. The van der Waals surface area contributed by atoms with Gasteiger partial charge in [-0.15, -0.1) is 0 Å². The number of halogens is 2. The first-order valence-electron chi connectivity index (χ1n) is 6.06. The zero-order chi connectivity index (χ0) is 15.4. The molecule has 0 aliphatic rings. The summed E-state index contributed by atoms with van der Waals surface area (Å²) in [6.45, 7) is 0.515. The molecule has 0 bridgehead atoms. The van der Waals surface area contributed by atoms with E-state index in [9.17, 15) is 14.5 Å². The number of nitrogens with one attached hydrogen (secondary N) is 1. The largest absolute Gasteiger partial charge is 0.454 e. The van der Waals surface area contributed by atoms with E-state index < -0.39 is 10.7 Å². The van der Waals surface area contributed by atoms with Crippen molar-refractivity contribution in [2.24, 2.45) is 0 Å². The van der Waals surface area contributed by atoms with Gasteiger partial charge in [-0.1, -0.05) is 17.7 Å². The molecule has 110 valence electrons. The van der Waals surface area contributed by atoms with Crippen molar-refractivity contribution < 1.29 is 14.1 Å². The minimum atomic E-state index is -0.806. The van der Waals surface area contributed by atoms with Gasteiger partial charge in [-0.2, -0.15) is 0 Å². The molecule has 7 heteroatoms. The molecule has 5 nitrogen and oxygen atoms in total. The molecule has 1 N–H and O–H groups in total. The zero-order valence-electron chi connectivity index (χ0n) is 11.1. The van der Waals surface area contributed by atoms with Crippen molar-refractivity contribution in [3.63, 3.8) is 0 Å². The molecule has 0 aliphatic heterocycles. The molecule has 2 aromatic rings. The molecule has 0 amide bonds. The van der Waals surface area contributed by atoms with E-state index in [2.05, 4.69) is 5.32 Å². The number of nitro benzene ring substituents is 1. The minimum Gasteiger partial charge on any atom is -0.454 e. The second kappa shape index (κ2) is 6.51. The molecule has 0 aliphatic carbocycles. The number of ether oxygens (including phenoxy) is 1. The predicted molar refractivity (Wildman–Crippen MR) is 77.3 cm³/mol. The van der Waals surface area contributed by atoms with Crippen molar-refractivity contribution in [3.8, 4) is 11.5 Å². The quantitative estimate of drug-likeness (QED) is 0.672. The number of rotatable bonds is 5. The number of benzene rings is 2. The summed E-state index contributed by atoms with van der Waals surface area (Å²) in [5, 5.41) is 14.0. The van der Waals surface area contributed by atoms with Gasteiger partial charge in [0.25, 0.3) is 5.69 Å². The fourth-order valence-electron chi connectivity index (χ4n) is 1.76. The molecule has 2 aromatic carbocycles. The van der Waals surface area contributed by atoms with Gasteiger partial charge in [0.1, 0.15) is 5.75 Å². The molecule has 0 heterocycles. The van der Waals surface area contributed by atoms with Crippen molar-refractivity contribution >= 4 is 17.3 Å². The van der Waals surface area contributed by atoms with Crippen LogP contribution in [0.15, 0.2) is 36.4 Å². The lowest BCUT2D eigenvalue weighted by Crippen LogP contribution is -2.06. The van der Waals surface area contributed by atoms with Crippen LogP contribution in [0.2, 0.25) is 5.02 Å². The summed E-state index contributed by atoms with van der Waals surface area (Å²) in [5.41, 5.74) is 0.459. The Morgan fingerprint density at radius 1 is 1.29 bits per heavy atom. The maximum absolute atomic E-state index is 13.8. The Labute approximate surface area is 125 Å². The van der Waals surface area contributed by atoms with Crippen molar-refractivity contribution in [1.82, 2.24) is 5.32 Å². The topological polar surface area (TPSA) is 64.4 Å². The normalized spacial score (nSPS) is 10.4. The van der Waals surface area contributed by atoms with Crippen molar-refractivity contribution in [3.05, 3.63) is 62.9 Å². The van der Waals surface area contributed by atoms with Gasteiger partial charge >= 0.3 is 0 Å². The van der Waals surface area contributed by atoms with Crippen molar-refractivity contribution in [1.29, 1.82) is 0 Å². The summed E-state index contributed by atoms with van der Waals surface area (Å²) in [6, 6.07) is 8.25. The first kappa shape index (κ1) is 15.2. The van der Waals surface area contributed by atoms with E-state index >= 15 is 0 Å². The van der Waals surface area contributed by atoms with E-state index in [1.54, 1.807) is 25.2 Å². The summed E-state index contributed by atoms with van der Waals surface area (Å²) in [7, 11) is 1.77. The fourth-order valence-corrected chi connectivity index (χ4v) is 1.93. The highest BCUT2D eigenvalue weighted by atomic mass is 35.5. The Morgan fingerprint density at radius 2 is 2.05 bits per heavy atom. The van der Waals surface area contributed by atoms with Crippen LogP contribution in [0.5, 0.6) is 11.5 Å². The molecule has 0 aromatic heterocycles. The molecule has 0 saturated heterocycles. The minimum absolute atomic E-state index is 0.0970. The fraction of sp³-hybridized carbons (Fsp3) is 0.143. The van der Waals surface area contributed by atoms with E-state index in [1.165, 1.54) is 12.1 Å². The van der Waals surface area contributed by atoms with Crippen LogP contribution in [-0.2, 0) is 6.54 Å². The summed E-state index contributed by atoms with van der Waals surface area (Å²) >= 11 is 5.91. The smallest absolute Gasteiger partial charge is 0.272 e. The van der Waals surface area contributed by atoms with Crippen molar-refractivity contribution in [2.45, 2.75) is 6.54 Å². The van der Waals surface area contributed by atoms with Crippen LogP contribution in [0.3, 0.4) is 0 Å². The van der Waals surface area contributed by atoms with Gasteiger partial charge in [0.05, 0.1) is 11.0 Å². The summed E-state index contributed by atoms with van der Waals surface area (Å²) in [4.78, 5) is 9.91. The Kier molecular flexibility index (Phi) is 4.72. The Hall–Kier alpha value is -2.18. The standard InChI is InChI=1S/C14H12ClFN2O3/c1-17-8-9-2-3-10(15)6-14(9)21-13-5-4-11(18(19)20)7-12(13)16/h2-7,17H,8H2,1H3.